The molecule has 2 amide bonds. The molecule has 0 saturated heterocycles. The van der Waals surface area contributed by atoms with E-state index in [2.05, 4.69) is 32.1 Å². The summed E-state index contributed by atoms with van der Waals surface area (Å²) in [5.74, 6) is -0.887. The van der Waals surface area contributed by atoms with Crippen molar-refractivity contribution in [2.75, 3.05) is 16.6 Å². The molecule has 0 spiro atoms. The number of nitrogens with zero attached hydrogens (tertiary/aromatic N) is 2. The molecule has 0 atom stereocenters. The SMILES string of the molecule is C=CCNC(=O)c1ccccc1NS(=O)(=O)c1nnc(NC(=O)c2cccc(C)c2)s1. The first-order valence-electron chi connectivity index (χ1n) is 9.02. The molecule has 1 heterocycles. The molecule has 0 aliphatic carbocycles. The molecule has 9 nitrogen and oxygen atoms in total. The van der Waals surface area contributed by atoms with Gasteiger partial charge in [0, 0.05) is 12.1 Å². The molecule has 11 heteroatoms. The topological polar surface area (TPSA) is 130 Å². The molecule has 0 aliphatic heterocycles. The Balaban J connectivity index is 1.77. The zero-order valence-corrected chi connectivity index (χ0v) is 18.1. The van der Waals surface area contributed by atoms with Gasteiger partial charge in [-0.2, -0.15) is 8.42 Å². The standard InChI is InChI=1S/C20H19N5O4S2/c1-3-11-21-18(27)15-9-4-5-10-16(15)25-31(28,29)20-24-23-19(30-20)22-17(26)14-8-6-7-13(2)12-14/h3-10,12,25H,1,11H2,2H3,(H,21,27)(H,22,23,26). The fourth-order valence-corrected chi connectivity index (χ4v) is 4.52. The van der Waals surface area contributed by atoms with E-state index in [4.69, 9.17) is 0 Å². The molecule has 3 N–H and O–H groups in total. The first-order chi connectivity index (χ1) is 14.8. The van der Waals surface area contributed by atoms with Crippen LogP contribution in [0.2, 0.25) is 0 Å². The molecule has 0 unspecified atom stereocenters. The number of anilines is 2. The lowest BCUT2D eigenvalue weighted by Crippen LogP contribution is -2.25. The van der Waals surface area contributed by atoms with Crippen LogP contribution in [0.5, 0.6) is 0 Å². The van der Waals surface area contributed by atoms with Crippen LogP contribution in [0.15, 0.2) is 65.5 Å². The molecule has 160 valence electrons. The Labute approximate surface area is 183 Å². The number of nitrogens with one attached hydrogen (secondary N) is 3. The van der Waals surface area contributed by atoms with Crippen LogP contribution in [0.25, 0.3) is 0 Å². The number of sulfonamides is 1. The van der Waals surface area contributed by atoms with E-state index in [9.17, 15) is 18.0 Å². The summed E-state index contributed by atoms with van der Waals surface area (Å²) in [7, 11) is -4.13. The predicted molar refractivity (Wildman–Crippen MR) is 119 cm³/mol. The third-order valence-electron chi connectivity index (χ3n) is 3.96. The second-order valence-electron chi connectivity index (χ2n) is 6.35. The normalized spacial score (nSPS) is 10.9. The number of aryl methyl sites for hydroxylation is 1. The highest BCUT2D eigenvalue weighted by atomic mass is 32.2. The fraction of sp³-hybridized carbons (Fsp3) is 0.100. The van der Waals surface area contributed by atoms with Crippen molar-refractivity contribution in [3.63, 3.8) is 0 Å². The minimum atomic E-state index is -4.13. The zero-order chi connectivity index (χ0) is 22.4. The van der Waals surface area contributed by atoms with Gasteiger partial charge >= 0.3 is 0 Å². The molecular weight excluding hydrogens is 438 g/mol. The highest BCUT2D eigenvalue weighted by Crippen LogP contribution is 2.24. The Morgan fingerprint density at radius 1 is 1.10 bits per heavy atom. The molecule has 0 bridgehead atoms. The minimum absolute atomic E-state index is 0.0314. The number of rotatable bonds is 8. The van der Waals surface area contributed by atoms with Crippen LogP contribution < -0.4 is 15.4 Å². The molecular formula is C20H19N5O4S2. The second-order valence-corrected chi connectivity index (χ2v) is 9.18. The Morgan fingerprint density at radius 2 is 1.87 bits per heavy atom. The van der Waals surface area contributed by atoms with Crippen molar-refractivity contribution in [1.82, 2.24) is 15.5 Å². The molecule has 1 aromatic heterocycles. The van der Waals surface area contributed by atoms with Crippen molar-refractivity contribution >= 4 is 44.0 Å². The van der Waals surface area contributed by atoms with E-state index in [-0.39, 0.29) is 27.3 Å². The van der Waals surface area contributed by atoms with Crippen molar-refractivity contribution in [3.05, 3.63) is 77.9 Å². The van der Waals surface area contributed by atoms with Crippen LogP contribution in [0.1, 0.15) is 26.3 Å². The number of para-hydroxylation sites is 1. The summed E-state index contributed by atoms with van der Waals surface area (Å²) < 4.78 is 27.5. The summed E-state index contributed by atoms with van der Waals surface area (Å²) in [5, 5.41) is 12.6. The quantitative estimate of drug-likeness (QED) is 0.352. The number of hydrogen-bond donors (Lipinski definition) is 3. The van der Waals surface area contributed by atoms with Crippen LogP contribution in [-0.4, -0.2) is 37.0 Å². The maximum atomic E-state index is 12.7. The van der Waals surface area contributed by atoms with Gasteiger partial charge < -0.3 is 5.32 Å². The number of amides is 2. The van der Waals surface area contributed by atoms with Crippen LogP contribution in [0.3, 0.4) is 0 Å². The van der Waals surface area contributed by atoms with E-state index >= 15 is 0 Å². The summed E-state index contributed by atoms with van der Waals surface area (Å²) in [5.41, 5.74) is 1.56. The van der Waals surface area contributed by atoms with Crippen molar-refractivity contribution in [2.45, 2.75) is 11.3 Å². The number of benzene rings is 2. The van der Waals surface area contributed by atoms with Gasteiger partial charge in [0.1, 0.15) is 0 Å². The lowest BCUT2D eigenvalue weighted by Gasteiger charge is -2.10. The molecule has 0 fully saturated rings. The molecule has 0 saturated carbocycles. The van der Waals surface area contributed by atoms with E-state index in [0.29, 0.717) is 16.9 Å². The van der Waals surface area contributed by atoms with Gasteiger partial charge in [-0.05, 0) is 31.2 Å². The monoisotopic (exact) mass is 457 g/mol. The van der Waals surface area contributed by atoms with Gasteiger partial charge in [-0.15, -0.1) is 16.8 Å². The van der Waals surface area contributed by atoms with Crippen molar-refractivity contribution in [2.24, 2.45) is 0 Å². The van der Waals surface area contributed by atoms with Gasteiger partial charge in [-0.3, -0.25) is 19.6 Å². The van der Waals surface area contributed by atoms with Crippen LogP contribution >= 0.6 is 11.3 Å². The molecule has 0 radical (unpaired) electrons. The fourth-order valence-electron chi connectivity index (χ4n) is 2.54. The second kappa shape index (κ2) is 9.49. The number of aromatic nitrogens is 2. The molecule has 3 rings (SSSR count). The third kappa shape index (κ3) is 5.53. The van der Waals surface area contributed by atoms with E-state index in [1.807, 2.05) is 13.0 Å². The first-order valence-corrected chi connectivity index (χ1v) is 11.3. The maximum Gasteiger partial charge on any atom is 0.291 e. The van der Waals surface area contributed by atoms with Crippen LogP contribution in [-0.2, 0) is 10.0 Å². The Hall–Kier alpha value is -3.57. The molecule has 31 heavy (non-hydrogen) atoms. The first kappa shape index (κ1) is 22.1. The highest BCUT2D eigenvalue weighted by molar-refractivity contribution is 7.94. The summed E-state index contributed by atoms with van der Waals surface area (Å²) in [6, 6.07) is 13.1. The molecule has 3 aromatic rings. The smallest absolute Gasteiger partial charge is 0.291 e. The van der Waals surface area contributed by atoms with Crippen LogP contribution in [0.4, 0.5) is 10.8 Å². The summed E-state index contributed by atoms with van der Waals surface area (Å²) in [4.78, 5) is 24.6. The third-order valence-corrected chi connectivity index (χ3v) is 6.53. The average Bonchev–Trinajstić information content (AvgIpc) is 3.21. The number of carbonyl (C=O) groups excluding carboxylic acids is 2. The van der Waals surface area contributed by atoms with E-state index in [0.717, 1.165) is 5.56 Å². The van der Waals surface area contributed by atoms with E-state index in [1.54, 1.807) is 30.3 Å². The van der Waals surface area contributed by atoms with Gasteiger partial charge in [-0.25, -0.2) is 0 Å². The largest absolute Gasteiger partial charge is 0.349 e. The van der Waals surface area contributed by atoms with Gasteiger partial charge in [0.25, 0.3) is 26.2 Å². The maximum absolute atomic E-state index is 12.7. The summed E-state index contributed by atoms with van der Waals surface area (Å²) in [6.45, 7) is 5.62. The Morgan fingerprint density at radius 3 is 2.61 bits per heavy atom. The van der Waals surface area contributed by atoms with Gasteiger partial charge in [0.15, 0.2) is 0 Å². The van der Waals surface area contributed by atoms with Crippen molar-refractivity contribution < 1.29 is 18.0 Å². The average molecular weight is 458 g/mol. The van der Waals surface area contributed by atoms with Crippen molar-refractivity contribution in [3.8, 4) is 0 Å². The Bertz CT molecular complexity index is 1240. The predicted octanol–water partition coefficient (Wildman–Crippen LogP) is 2.82. The van der Waals surface area contributed by atoms with Gasteiger partial charge in [0.2, 0.25) is 5.13 Å². The van der Waals surface area contributed by atoms with E-state index < -0.39 is 21.8 Å². The molecule has 0 aliphatic rings. The number of carbonyl (C=O) groups is 2. The van der Waals surface area contributed by atoms with Crippen LogP contribution in [0, 0.1) is 6.92 Å². The van der Waals surface area contributed by atoms with E-state index in [1.165, 1.54) is 18.2 Å². The summed E-state index contributed by atoms with van der Waals surface area (Å²) >= 11 is 0.696. The summed E-state index contributed by atoms with van der Waals surface area (Å²) in [6.07, 6.45) is 1.51. The van der Waals surface area contributed by atoms with Crippen molar-refractivity contribution in [1.29, 1.82) is 0 Å². The minimum Gasteiger partial charge on any atom is -0.349 e. The van der Waals surface area contributed by atoms with Gasteiger partial charge in [0.05, 0.1) is 11.3 Å². The molecule has 2 aromatic carbocycles. The highest BCUT2D eigenvalue weighted by Gasteiger charge is 2.23. The lowest BCUT2D eigenvalue weighted by molar-refractivity contribution is 0.0958. The zero-order valence-electron chi connectivity index (χ0n) is 16.5. The van der Waals surface area contributed by atoms with Gasteiger partial charge in [-0.1, -0.05) is 47.2 Å². The lowest BCUT2D eigenvalue weighted by atomic mass is 10.1. The number of hydrogen-bond acceptors (Lipinski definition) is 7. The Kier molecular flexibility index (Phi) is 6.78.